The van der Waals surface area contributed by atoms with Gasteiger partial charge < -0.3 is 9.84 Å². The smallest absolute Gasteiger partial charge is 0.102 e. The van der Waals surface area contributed by atoms with Crippen LogP contribution in [0.5, 0.6) is 0 Å². The standard InChI is InChI=1S/C18H28O2/c1-13(2)15-7-9-16(10-8-15)18(19)12-20-17-6-4-5-14(3)11-17/h7-10,13-14,17-19H,4-6,11-12H2,1-3H3. The number of benzene rings is 1. The molecule has 1 saturated carbocycles. The van der Waals surface area contributed by atoms with Crippen molar-refractivity contribution in [2.75, 3.05) is 6.61 Å². The van der Waals surface area contributed by atoms with Crippen LogP contribution < -0.4 is 0 Å². The van der Waals surface area contributed by atoms with E-state index < -0.39 is 6.10 Å². The van der Waals surface area contributed by atoms with Gasteiger partial charge in [-0.3, -0.25) is 0 Å². The summed E-state index contributed by atoms with van der Waals surface area (Å²) in [4.78, 5) is 0. The summed E-state index contributed by atoms with van der Waals surface area (Å²) >= 11 is 0. The van der Waals surface area contributed by atoms with Gasteiger partial charge in [0.2, 0.25) is 0 Å². The fourth-order valence-electron chi connectivity index (χ4n) is 2.96. The van der Waals surface area contributed by atoms with Crippen LogP contribution in [0.4, 0.5) is 0 Å². The van der Waals surface area contributed by atoms with Crippen LogP contribution in [-0.2, 0) is 4.74 Å². The van der Waals surface area contributed by atoms with E-state index in [1.54, 1.807) is 0 Å². The van der Waals surface area contributed by atoms with Gasteiger partial charge in [0.05, 0.1) is 12.7 Å². The molecule has 1 aromatic carbocycles. The minimum atomic E-state index is -0.506. The van der Waals surface area contributed by atoms with Gasteiger partial charge in [-0.25, -0.2) is 0 Å². The molecule has 1 aliphatic rings. The lowest BCUT2D eigenvalue weighted by atomic mass is 9.89. The van der Waals surface area contributed by atoms with Gasteiger partial charge in [-0.15, -0.1) is 0 Å². The highest BCUT2D eigenvalue weighted by Gasteiger charge is 2.20. The lowest BCUT2D eigenvalue weighted by molar-refractivity contribution is -0.0322. The Morgan fingerprint density at radius 3 is 2.40 bits per heavy atom. The molecule has 0 aliphatic heterocycles. The highest BCUT2D eigenvalue weighted by Crippen LogP contribution is 2.27. The van der Waals surface area contributed by atoms with E-state index in [0.717, 1.165) is 24.3 Å². The van der Waals surface area contributed by atoms with Crippen molar-refractivity contribution in [2.45, 2.75) is 64.6 Å². The molecule has 20 heavy (non-hydrogen) atoms. The van der Waals surface area contributed by atoms with Crippen LogP contribution >= 0.6 is 0 Å². The van der Waals surface area contributed by atoms with Crippen LogP contribution in [0.3, 0.4) is 0 Å². The molecule has 0 heterocycles. The molecule has 2 nitrogen and oxygen atoms in total. The number of aliphatic hydroxyl groups excluding tert-OH is 1. The Kier molecular flexibility index (Phi) is 5.62. The van der Waals surface area contributed by atoms with Crippen molar-refractivity contribution in [1.29, 1.82) is 0 Å². The zero-order valence-electron chi connectivity index (χ0n) is 13.0. The molecule has 112 valence electrons. The molecule has 1 N–H and O–H groups in total. The molecular formula is C18H28O2. The molecule has 1 aliphatic carbocycles. The molecule has 0 spiro atoms. The van der Waals surface area contributed by atoms with E-state index in [1.807, 2.05) is 12.1 Å². The van der Waals surface area contributed by atoms with E-state index in [-0.39, 0.29) is 0 Å². The van der Waals surface area contributed by atoms with Crippen LogP contribution in [-0.4, -0.2) is 17.8 Å². The summed E-state index contributed by atoms with van der Waals surface area (Å²) in [5.74, 6) is 1.29. The summed E-state index contributed by atoms with van der Waals surface area (Å²) in [5.41, 5.74) is 2.27. The van der Waals surface area contributed by atoms with Crippen molar-refractivity contribution >= 4 is 0 Å². The fraction of sp³-hybridized carbons (Fsp3) is 0.667. The third-order valence-corrected chi connectivity index (χ3v) is 4.37. The average molecular weight is 276 g/mol. The number of rotatable bonds is 5. The Morgan fingerprint density at radius 2 is 1.80 bits per heavy atom. The van der Waals surface area contributed by atoms with Gasteiger partial charge >= 0.3 is 0 Å². The molecule has 2 heteroatoms. The van der Waals surface area contributed by atoms with Gasteiger partial charge in [-0.1, -0.05) is 57.9 Å². The van der Waals surface area contributed by atoms with Gasteiger partial charge in [0.1, 0.15) is 6.10 Å². The second-order valence-corrected chi connectivity index (χ2v) is 6.56. The quantitative estimate of drug-likeness (QED) is 0.861. The molecule has 1 aromatic rings. The average Bonchev–Trinajstić information content (AvgIpc) is 2.45. The van der Waals surface area contributed by atoms with Crippen LogP contribution in [0.1, 0.15) is 69.6 Å². The summed E-state index contributed by atoms with van der Waals surface area (Å²) in [6, 6.07) is 8.25. The zero-order valence-corrected chi connectivity index (χ0v) is 13.0. The zero-order chi connectivity index (χ0) is 14.5. The predicted molar refractivity (Wildman–Crippen MR) is 82.9 cm³/mol. The van der Waals surface area contributed by atoms with Gasteiger partial charge in [-0.2, -0.15) is 0 Å². The SMILES string of the molecule is CC1CCCC(OCC(O)c2ccc(C(C)C)cc2)C1. The van der Waals surface area contributed by atoms with Crippen LogP contribution in [0.2, 0.25) is 0 Å². The molecule has 0 aromatic heterocycles. The van der Waals surface area contributed by atoms with Gasteiger partial charge in [0.25, 0.3) is 0 Å². The fourth-order valence-corrected chi connectivity index (χ4v) is 2.96. The van der Waals surface area contributed by atoms with E-state index in [2.05, 4.69) is 32.9 Å². The van der Waals surface area contributed by atoms with Crippen molar-refractivity contribution in [3.63, 3.8) is 0 Å². The summed E-state index contributed by atoms with van der Waals surface area (Å²) in [6.07, 6.45) is 4.68. The maximum atomic E-state index is 10.2. The van der Waals surface area contributed by atoms with E-state index in [4.69, 9.17) is 4.74 Å². The number of aliphatic hydroxyl groups is 1. The molecule has 3 atom stereocenters. The molecule has 1 fully saturated rings. The summed E-state index contributed by atoms with van der Waals surface area (Å²) in [5, 5.41) is 10.2. The molecule has 3 unspecified atom stereocenters. The first-order valence-corrected chi connectivity index (χ1v) is 7.95. The number of hydrogen-bond acceptors (Lipinski definition) is 2. The number of ether oxygens (including phenoxy) is 1. The Hall–Kier alpha value is -0.860. The Morgan fingerprint density at radius 1 is 1.15 bits per heavy atom. The van der Waals surface area contributed by atoms with Crippen molar-refractivity contribution in [3.05, 3.63) is 35.4 Å². The van der Waals surface area contributed by atoms with Crippen LogP contribution in [0, 0.1) is 5.92 Å². The number of hydrogen-bond donors (Lipinski definition) is 1. The van der Waals surface area contributed by atoms with E-state index >= 15 is 0 Å². The predicted octanol–water partition coefficient (Wildman–Crippen LogP) is 4.44. The Bertz CT molecular complexity index is 396. The first-order valence-electron chi connectivity index (χ1n) is 7.95. The first kappa shape index (κ1) is 15.5. The topological polar surface area (TPSA) is 29.5 Å². The van der Waals surface area contributed by atoms with Gasteiger partial charge in [-0.05, 0) is 35.8 Å². The second kappa shape index (κ2) is 7.24. The van der Waals surface area contributed by atoms with Crippen molar-refractivity contribution in [3.8, 4) is 0 Å². The maximum absolute atomic E-state index is 10.2. The monoisotopic (exact) mass is 276 g/mol. The van der Waals surface area contributed by atoms with Gasteiger partial charge in [0.15, 0.2) is 0 Å². The molecule has 0 bridgehead atoms. The summed E-state index contributed by atoms with van der Waals surface area (Å²) in [6.45, 7) is 7.06. The molecular weight excluding hydrogens is 248 g/mol. The Labute approximate surface area is 123 Å². The third-order valence-electron chi connectivity index (χ3n) is 4.37. The van der Waals surface area contributed by atoms with Crippen molar-refractivity contribution in [2.24, 2.45) is 5.92 Å². The second-order valence-electron chi connectivity index (χ2n) is 6.56. The lowest BCUT2D eigenvalue weighted by Crippen LogP contribution is -2.23. The minimum absolute atomic E-state index is 0.336. The van der Waals surface area contributed by atoms with E-state index in [1.165, 1.54) is 18.4 Å². The van der Waals surface area contributed by atoms with E-state index in [0.29, 0.717) is 18.6 Å². The van der Waals surface area contributed by atoms with Crippen molar-refractivity contribution < 1.29 is 9.84 Å². The molecule has 0 saturated heterocycles. The highest BCUT2D eigenvalue weighted by atomic mass is 16.5. The van der Waals surface area contributed by atoms with Crippen LogP contribution in [0.15, 0.2) is 24.3 Å². The largest absolute Gasteiger partial charge is 0.386 e. The minimum Gasteiger partial charge on any atom is -0.386 e. The maximum Gasteiger partial charge on any atom is 0.102 e. The van der Waals surface area contributed by atoms with E-state index in [9.17, 15) is 5.11 Å². The highest BCUT2D eigenvalue weighted by molar-refractivity contribution is 5.26. The molecule has 0 radical (unpaired) electrons. The first-order chi connectivity index (χ1) is 9.56. The Balaban J connectivity index is 1.83. The summed E-state index contributed by atoms with van der Waals surface area (Å²) < 4.78 is 5.90. The lowest BCUT2D eigenvalue weighted by Gasteiger charge is -2.27. The van der Waals surface area contributed by atoms with Gasteiger partial charge in [0, 0.05) is 0 Å². The van der Waals surface area contributed by atoms with Crippen LogP contribution in [0.25, 0.3) is 0 Å². The molecule has 0 amide bonds. The normalized spacial score (nSPS) is 24.9. The third kappa shape index (κ3) is 4.32. The van der Waals surface area contributed by atoms with Crippen molar-refractivity contribution in [1.82, 2.24) is 0 Å². The molecule has 2 rings (SSSR count). The summed E-state index contributed by atoms with van der Waals surface area (Å²) in [7, 11) is 0.